The number of nitrogens with zero attached hydrogens (tertiary/aromatic N) is 1. The van der Waals surface area contributed by atoms with E-state index in [1.165, 1.54) is 11.3 Å². The number of hydrogen-bond donors (Lipinski definition) is 2. The van der Waals surface area contributed by atoms with Gasteiger partial charge in [-0.1, -0.05) is 18.2 Å². The molecule has 1 atom stereocenters. The van der Waals surface area contributed by atoms with E-state index >= 15 is 0 Å². The molecule has 0 radical (unpaired) electrons. The highest BCUT2D eigenvalue weighted by atomic mass is 16.5. The van der Waals surface area contributed by atoms with E-state index in [1.807, 2.05) is 13.0 Å². The van der Waals surface area contributed by atoms with Gasteiger partial charge in [0.25, 0.3) is 0 Å². The molecule has 1 aromatic rings. The summed E-state index contributed by atoms with van der Waals surface area (Å²) in [7, 11) is 0. The van der Waals surface area contributed by atoms with Gasteiger partial charge < -0.3 is 20.5 Å². The molecule has 0 spiro atoms. The van der Waals surface area contributed by atoms with Crippen LogP contribution in [0.1, 0.15) is 31.4 Å². The average Bonchev–Trinajstić information content (AvgIpc) is 2.45. The summed E-state index contributed by atoms with van der Waals surface area (Å²) in [6, 6.07) is 8.41. The molecule has 4 nitrogen and oxygen atoms in total. The first kappa shape index (κ1) is 14.3. The Morgan fingerprint density at radius 3 is 2.68 bits per heavy atom. The third-order valence-corrected chi connectivity index (χ3v) is 3.65. The van der Waals surface area contributed by atoms with E-state index in [-0.39, 0.29) is 18.8 Å². The Kier molecular flexibility index (Phi) is 5.19. The summed E-state index contributed by atoms with van der Waals surface area (Å²) in [6.07, 6.45) is 2.30. The quantitative estimate of drug-likeness (QED) is 0.849. The molecule has 4 heteroatoms. The minimum Gasteiger partial charge on any atom is -0.394 e. The summed E-state index contributed by atoms with van der Waals surface area (Å²) < 4.78 is 5.59. The van der Waals surface area contributed by atoms with Crippen LogP contribution in [0.25, 0.3) is 0 Å². The molecule has 1 saturated heterocycles. The molecule has 1 fully saturated rings. The number of aliphatic hydroxyl groups is 1. The van der Waals surface area contributed by atoms with Crippen LogP contribution >= 0.6 is 0 Å². The largest absolute Gasteiger partial charge is 0.394 e. The average molecular weight is 264 g/mol. The third-order valence-electron chi connectivity index (χ3n) is 3.65. The highest BCUT2D eigenvalue weighted by molar-refractivity contribution is 5.55. The summed E-state index contributed by atoms with van der Waals surface area (Å²) in [5.74, 6) is 0. The SMILES string of the molecule is C[C@H](N)c1ccccc1N1CCC(OCCO)CC1. The molecule has 2 rings (SSSR count). The van der Waals surface area contributed by atoms with Crippen LogP contribution in [0.5, 0.6) is 0 Å². The number of nitrogens with two attached hydrogens (primary N) is 1. The van der Waals surface area contributed by atoms with E-state index < -0.39 is 0 Å². The van der Waals surface area contributed by atoms with Crippen LogP contribution in [0, 0.1) is 0 Å². The summed E-state index contributed by atoms with van der Waals surface area (Å²) in [4.78, 5) is 2.39. The van der Waals surface area contributed by atoms with E-state index in [2.05, 4.69) is 23.1 Å². The second kappa shape index (κ2) is 6.89. The van der Waals surface area contributed by atoms with Gasteiger partial charge in [-0.3, -0.25) is 0 Å². The Morgan fingerprint density at radius 2 is 2.05 bits per heavy atom. The second-order valence-corrected chi connectivity index (χ2v) is 5.13. The maximum absolute atomic E-state index is 8.78. The number of rotatable bonds is 5. The number of para-hydroxylation sites is 1. The van der Waals surface area contributed by atoms with Gasteiger partial charge in [-0.2, -0.15) is 0 Å². The number of hydrogen-bond acceptors (Lipinski definition) is 4. The Balaban J connectivity index is 1.98. The van der Waals surface area contributed by atoms with Gasteiger partial charge in [-0.15, -0.1) is 0 Å². The van der Waals surface area contributed by atoms with E-state index in [4.69, 9.17) is 15.6 Å². The van der Waals surface area contributed by atoms with Crippen molar-refractivity contribution in [3.8, 4) is 0 Å². The fourth-order valence-electron chi connectivity index (χ4n) is 2.64. The molecule has 0 amide bonds. The maximum Gasteiger partial charge on any atom is 0.0701 e. The lowest BCUT2D eigenvalue weighted by Crippen LogP contribution is -2.38. The zero-order valence-corrected chi connectivity index (χ0v) is 11.6. The van der Waals surface area contributed by atoms with Crippen LogP contribution in [0.4, 0.5) is 5.69 Å². The summed E-state index contributed by atoms with van der Waals surface area (Å²) in [5, 5.41) is 8.78. The summed E-state index contributed by atoms with van der Waals surface area (Å²) in [6.45, 7) is 4.55. The molecule has 3 N–H and O–H groups in total. The van der Waals surface area contributed by atoms with Gasteiger partial charge in [0.2, 0.25) is 0 Å². The van der Waals surface area contributed by atoms with Crippen molar-refractivity contribution in [3.63, 3.8) is 0 Å². The van der Waals surface area contributed by atoms with Gasteiger partial charge in [0, 0.05) is 24.8 Å². The second-order valence-electron chi connectivity index (χ2n) is 5.13. The van der Waals surface area contributed by atoms with E-state index in [9.17, 15) is 0 Å². The minimum absolute atomic E-state index is 0.0552. The van der Waals surface area contributed by atoms with E-state index in [0.717, 1.165) is 25.9 Å². The molecule has 1 aliphatic rings. The molecule has 0 aliphatic carbocycles. The smallest absolute Gasteiger partial charge is 0.0701 e. The third kappa shape index (κ3) is 3.69. The van der Waals surface area contributed by atoms with Crippen LogP contribution in [-0.4, -0.2) is 37.5 Å². The molecule has 0 unspecified atom stereocenters. The number of piperidine rings is 1. The first-order valence-corrected chi connectivity index (χ1v) is 7.04. The van der Waals surface area contributed by atoms with Crippen LogP contribution < -0.4 is 10.6 Å². The highest BCUT2D eigenvalue weighted by Crippen LogP contribution is 2.28. The number of benzene rings is 1. The normalized spacial score (nSPS) is 18.6. The van der Waals surface area contributed by atoms with Crippen LogP contribution in [0.2, 0.25) is 0 Å². The predicted molar refractivity (Wildman–Crippen MR) is 77.3 cm³/mol. The van der Waals surface area contributed by atoms with Crippen LogP contribution in [-0.2, 0) is 4.74 Å². The zero-order chi connectivity index (χ0) is 13.7. The van der Waals surface area contributed by atoms with E-state index in [0.29, 0.717) is 6.61 Å². The van der Waals surface area contributed by atoms with Gasteiger partial charge in [0.1, 0.15) is 0 Å². The van der Waals surface area contributed by atoms with Crippen molar-refractivity contribution in [2.75, 3.05) is 31.2 Å². The molecule has 1 aliphatic heterocycles. The van der Waals surface area contributed by atoms with Gasteiger partial charge in [-0.05, 0) is 31.4 Å². The minimum atomic E-state index is 0.0552. The molecule has 0 aromatic heterocycles. The molecule has 0 bridgehead atoms. The number of anilines is 1. The number of ether oxygens (including phenoxy) is 1. The van der Waals surface area contributed by atoms with Gasteiger partial charge >= 0.3 is 0 Å². The topological polar surface area (TPSA) is 58.7 Å². The number of aliphatic hydroxyl groups excluding tert-OH is 1. The fourth-order valence-corrected chi connectivity index (χ4v) is 2.64. The van der Waals surface area contributed by atoms with Crippen LogP contribution in [0.15, 0.2) is 24.3 Å². The van der Waals surface area contributed by atoms with E-state index in [1.54, 1.807) is 0 Å². The Labute approximate surface area is 115 Å². The Morgan fingerprint density at radius 1 is 1.37 bits per heavy atom. The lowest BCUT2D eigenvalue weighted by molar-refractivity contribution is 0.0159. The first-order valence-electron chi connectivity index (χ1n) is 7.04. The standard InChI is InChI=1S/C15H24N2O2/c1-12(16)14-4-2-3-5-15(14)17-8-6-13(7-9-17)19-11-10-18/h2-5,12-13,18H,6-11,16H2,1H3/t12-/m0/s1. The molecule has 19 heavy (non-hydrogen) atoms. The highest BCUT2D eigenvalue weighted by Gasteiger charge is 2.21. The zero-order valence-electron chi connectivity index (χ0n) is 11.6. The molecule has 1 heterocycles. The summed E-state index contributed by atoms with van der Waals surface area (Å²) >= 11 is 0. The lowest BCUT2D eigenvalue weighted by atomic mass is 10.0. The molecule has 1 aromatic carbocycles. The molecular weight excluding hydrogens is 240 g/mol. The maximum atomic E-state index is 8.78. The molecular formula is C15H24N2O2. The molecule has 0 saturated carbocycles. The van der Waals surface area contributed by atoms with Crippen molar-refractivity contribution in [3.05, 3.63) is 29.8 Å². The molecule has 106 valence electrons. The van der Waals surface area contributed by atoms with Crippen molar-refractivity contribution in [1.29, 1.82) is 0 Å². The van der Waals surface area contributed by atoms with Crippen molar-refractivity contribution in [2.45, 2.75) is 31.9 Å². The van der Waals surface area contributed by atoms with Gasteiger partial charge in [0.15, 0.2) is 0 Å². The van der Waals surface area contributed by atoms with Gasteiger partial charge in [-0.25, -0.2) is 0 Å². The van der Waals surface area contributed by atoms with Crippen molar-refractivity contribution in [1.82, 2.24) is 0 Å². The van der Waals surface area contributed by atoms with Gasteiger partial charge in [0.05, 0.1) is 19.3 Å². The van der Waals surface area contributed by atoms with Crippen molar-refractivity contribution >= 4 is 5.69 Å². The Hall–Kier alpha value is -1.10. The van der Waals surface area contributed by atoms with Crippen LogP contribution in [0.3, 0.4) is 0 Å². The monoisotopic (exact) mass is 264 g/mol. The van der Waals surface area contributed by atoms with Crippen molar-refractivity contribution in [2.24, 2.45) is 5.73 Å². The van der Waals surface area contributed by atoms with Crippen molar-refractivity contribution < 1.29 is 9.84 Å². The fraction of sp³-hybridized carbons (Fsp3) is 0.600. The predicted octanol–water partition coefficient (Wildman–Crippen LogP) is 1.68. The lowest BCUT2D eigenvalue weighted by Gasteiger charge is -2.35. The first-order chi connectivity index (χ1) is 9.22. The summed E-state index contributed by atoms with van der Waals surface area (Å²) in [5.41, 5.74) is 8.49. The Bertz CT molecular complexity index is 387.